The molecule has 12 heteroatoms. The molecule has 0 saturated carbocycles. The Kier molecular flexibility index (Phi) is 7.28. The number of carboxylic acid groups (broad SMARTS) is 1. The zero-order valence-electron chi connectivity index (χ0n) is 13.3. The number of alkyl halides is 6. The summed E-state index contributed by atoms with van der Waals surface area (Å²) in [5.74, 6) is -6.04. The van der Waals surface area contributed by atoms with E-state index in [0.29, 0.717) is 0 Å². The molecule has 0 aromatic rings. The van der Waals surface area contributed by atoms with Crippen molar-refractivity contribution in [3.63, 3.8) is 0 Å². The molecule has 0 bridgehead atoms. The van der Waals surface area contributed by atoms with E-state index in [-0.39, 0.29) is 6.42 Å². The van der Waals surface area contributed by atoms with Gasteiger partial charge in [0.15, 0.2) is 0 Å². The molecule has 6 nitrogen and oxygen atoms in total. The molecule has 0 aliphatic rings. The highest BCUT2D eigenvalue weighted by atomic mass is 19.4. The van der Waals surface area contributed by atoms with E-state index in [2.05, 4.69) is 9.47 Å². The fourth-order valence-electron chi connectivity index (χ4n) is 1.36. The van der Waals surface area contributed by atoms with Gasteiger partial charge in [0.1, 0.15) is 0 Å². The molecule has 0 fully saturated rings. The van der Waals surface area contributed by atoms with E-state index in [4.69, 9.17) is 5.11 Å². The highest BCUT2D eigenvalue weighted by Gasteiger charge is 2.60. The second-order valence-electron chi connectivity index (χ2n) is 6.17. The summed E-state index contributed by atoms with van der Waals surface area (Å²) in [6.07, 6.45) is -19.8. The Morgan fingerprint density at radius 2 is 1.36 bits per heavy atom. The number of carbonyl (C=O) groups excluding carboxylic acids is 2. The van der Waals surface area contributed by atoms with Crippen LogP contribution in [-0.4, -0.2) is 47.6 Å². The topological polar surface area (TPSA) is 89.9 Å². The lowest BCUT2D eigenvalue weighted by molar-refractivity contribution is -0.314. The Morgan fingerprint density at radius 1 is 0.920 bits per heavy atom. The van der Waals surface area contributed by atoms with Gasteiger partial charge in [0, 0.05) is 6.42 Å². The lowest BCUT2D eigenvalue weighted by Crippen LogP contribution is -2.49. The number of ether oxygens (including phenoxy) is 2. The summed E-state index contributed by atoms with van der Waals surface area (Å²) in [6.45, 7) is 5.13. The van der Waals surface area contributed by atoms with E-state index in [1.54, 1.807) is 20.8 Å². The Bertz CT molecular complexity index is 491. The van der Waals surface area contributed by atoms with Gasteiger partial charge in [-0.3, -0.25) is 4.79 Å². The summed E-state index contributed by atoms with van der Waals surface area (Å²) in [6, 6.07) is 0. The van der Waals surface area contributed by atoms with Crippen molar-refractivity contribution in [3.05, 3.63) is 0 Å². The van der Waals surface area contributed by atoms with Crippen molar-refractivity contribution < 1.29 is 55.3 Å². The van der Waals surface area contributed by atoms with E-state index in [1.807, 2.05) is 0 Å². The summed E-state index contributed by atoms with van der Waals surface area (Å²) in [7, 11) is 0. The van der Waals surface area contributed by atoms with Gasteiger partial charge in [-0.15, -0.1) is 0 Å². The summed E-state index contributed by atoms with van der Waals surface area (Å²) in [4.78, 5) is 33.6. The standard InChI is InChI=1S/C13H16F6O6/c1-11(2,3)5-4-6(20)24-7(8(21)22)9(23)25-10(12(14,15)16)13(17,18)19/h7,10H,4-5H2,1-3H3,(H,21,22). The monoisotopic (exact) mass is 382 g/mol. The Balaban J connectivity index is 5.12. The van der Waals surface area contributed by atoms with Crippen LogP contribution in [0.2, 0.25) is 0 Å². The van der Waals surface area contributed by atoms with Gasteiger partial charge in [0.25, 0.3) is 12.2 Å². The first-order valence-corrected chi connectivity index (χ1v) is 6.71. The molecule has 0 aromatic heterocycles. The van der Waals surface area contributed by atoms with Crippen LogP contribution in [0.4, 0.5) is 26.3 Å². The van der Waals surface area contributed by atoms with Crippen LogP contribution in [0.5, 0.6) is 0 Å². The minimum Gasteiger partial charge on any atom is -0.478 e. The first-order chi connectivity index (χ1) is 10.9. The molecule has 0 aliphatic carbocycles. The van der Waals surface area contributed by atoms with Crippen LogP contribution >= 0.6 is 0 Å². The fourth-order valence-corrected chi connectivity index (χ4v) is 1.36. The first-order valence-electron chi connectivity index (χ1n) is 6.71. The van der Waals surface area contributed by atoms with Gasteiger partial charge >= 0.3 is 30.3 Å². The van der Waals surface area contributed by atoms with Gasteiger partial charge in [-0.2, -0.15) is 26.3 Å². The number of aliphatic carboxylic acids is 1. The molecule has 0 spiro atoms. The van der Waals surface area contributed by atoms with Crippen molar-refractivity contribution in [1.29, 1.82) is 0 Å². The number of hydrogen-bond acceptors (Lipinski definition) is 5. The summed E-state index contributed by atoms with van der Waals surface area (Å²) in [5, 5.41) is 8.70. The summed E-state index contributed by atoms with van der Waals surface area (Å²) < 4.78 is 81.2. The molecule has 1 atom stereocenters. The van der Waals surface area contributed by atoms with E-state index >= 15 is 0 Å². The average molecular weight is 382 g/mol. The quantitative estimate of drug-likeness (QED) is 0.432. The number of esters is 2. The second-order valence-corrected chi connectivity index (χ2v) is 6.17. The minimum absolute atomic E-state index is 0.168. The van der Waals surface area contributed by atoms with Gasteiger partial charge in [0.05, 0.1) is 0 Å². The van der Waals surface area contributed by atoms with Crippen LogP contribution in [0.1, 0.15) is 33.6 Å². The lowest BCUT2D eigenvalue weighted by Gasteiger charge is -2.24. The molecule has 0 rings (SSSR count). The van der Waals surface area contributed by atoms with Crippen molar-refractivity contribution in [2.75, 3.05) is 0 Å². The molecule has 1 N–H and O–H groups in total. The largest absolute Gasteiger partial charge is 0.478 e. The normalized spacial score (nSPS) is 14.2. The van der Waals surface area contributed by atoms with E-state index in [1.165, 1.54) is 0 Å². The van der Waals surface area contributed by atoms with E-state index in [9.17, 15) is 40.7 Å². The Labute approximate surface area is 138 Å². The van der Waals surface area contributed by atoms with Crippen molar-refractivity contribution in [2.45, 2.75) is 58.2 Å². The minimum atomic E-state index is -6.02. The third kappa shape index (κ3) is 8.59. The van der Waals surface area contributed by atoms with Crippen molar-refractivity contribution in [2.24, 2.45) is 5.41 Å². The lowest BCUT2D eigenvalue weighted by atomic mass is 9.91. The number of carboxylic acids is 1. The molecule has 0 heterocycles. The van der Waals surface area contributed by atoms with Crippen LogP contribution in [0.3, 0.4) is 0 Å². The third-order valence-corrected chi connectivity index (χ3v) is 2.60. The van der Waals surface area contributed by atoms with Crippen molar-refractivity contribution in [3.8, 4) is 0 Å². The van der Waals surface area contributed by atoms with Crippen LogP contribution in [-0.2, 0) is 23.9 Å². The number of rotatable bonds is 6. The Morgan fingerprint density at radius 3 is 1.68 bits per heavy atom. The van der Waals surface area contributed by atoms with E-state index in [0.717, 1.165) is 0 Å². The van der Waals surface area contributed by atoms with Crippen LogP contribution in [0.25, 0.3) is 0 Å². The molecular weight excluding hydrogens is 366 g/mol. The maximum absolute atomic E-state index is 12.3. The molecular formula is C13H16F6O6. The number of carbonyl (C=O) groups is 3. The molecule has 0 aromatic carbocycles. The van der Waals surface area contributed by atoms with Crippen molar-refractivity contribution >= 4 is 17.9 Å². The Hall–Kier alpha value is -2.01. The molecule has 146 valence electrons. The van der Waals surface area contributed by atoms with Crippen molar-refractivity contribution in [1.82, 2.24) is 0 Å². The molecule has 0 radical (unpaired) electrons. The third-order valence-electron chi connectivity index (χ3n) is 2.60. The highest BCUT2D eigenvalue weighted by molar-refractivity contribution is 5.99. The summed E-state index contributed by atoms with van der Waals surface area (Å²) in [5.41, 5.74) is -0.393. The van der Waals surface area contributed by atoms with Gasteiger partial charge in [-0.05, 0) is 11.8 Å². The smallest absolute Gasteiger partial charge is 0.434 e. The predicted molar refractivity (Wildman–Crippen MR) is 68.2 cm³/mol. The van der Waals surface area contributed by atoms with Gasteiger partial charge in [0.2, 0.25) is 0 Å². The molecule has 0 aliphatic heterocycles. The predicted octanol–water partition coefficient (Wildman–Crippen LogP) is 2.85. The fraction of sp³-hybridized carbons (Fsp3) is 0.769. The second kappa shape index (κ2) is 7.91. The molecule has 0 amide bonds. The SMILES string of the molecule is CC(C)(C)CCC(=O)OC(C(=O)O)C(=O)OC(C(F)(F)F)C(F)(F)F. The molecule has 1 unspecified atom stereocenters. The van der Waals surface area contributed by atoms with Gasteiger partial charge in [-0.25, -0.2) is 9.59 Å². The number of hydrogen-bond donors (Lipinski definition) is 1. The van der Waals surface area contributed by atoms with Gasteiger partial charge in [-0.1, -0.05) is 20.8 Å². The van der Waals surface area contributed by atoms with Crippen LogP contribution in [0, 0.1) is 5.41 Å². The first kappa shape index (κ1) is 23.0. The zero-order chi connectivity index (χ0) is 20.2. The van der Waals surface area contributed by atoms with Gasteiger partial charge < -0.3 is 14.6 Å². The maximum Gasteiger partial charge on any atom is 0.434 e. The highest BCUT2D eigenvalue weighted by Crippen LogP contribution is 2.36. The zero-order valence-corrected chi connectivity index (χ0v) is 13.3. The summed E-state index contributed by atoms with van der Waals surface area (Å²) >= 11 is 0. The maximum atomic E-state index is 12.3. The van der Waals surface area contributed by atoms with Crippen LogP contribution in [0.15, 0.2) is 0 Å². The van der Waals surface area contributed by atoms with Crippen LogP contribution < -0.4 is 0 Å². The average Bonchev–Trinajstić information content (AvgIpc) is 2.35. The van der Waals surface area contributed by atoms with E-state index < -0.39 is 54.3 Å². The molecule has 0 saturated heterocycles. The molecule has 25 heavy (non-hydrogen) atoms. The number of halogens is 6.